The van der Waals surface area contributed by atoms with Crippen LogP contribution in [0, 0.1) is 5.92 Å². The third kappa shape index (κ3) is 5.58. The average Bonchev–Trinajstić information content (AvgIpc) is 2.88. The van der Waals surface area contributed by atoms with E-state index in [1.807, 2.05) is 0 Å². The molecule has 0 aromatic rings. The molecular formula is C11H24N2O. The molecule has 0 spiro atoms. The maximum Gasteiger partial charge on any atom is 0.0613 e. The first-order valence-electron chi connectivity index (χ1n) is 5.63. The third-order valence-electron chi connectivity index (χ3n) is 2.67. The first kappa shape index (κ1) is 12.0. The van der Waals surface area contributed by atoms with Crippen molar-refractivity contribution in [2.75, 3.05) is 40.4 Å². The van der Waals surface area contributed by atoms with Crippen LogP contribution < -0.4 is 5.32 Å². The predicted molar refractivity (Wildman–Crippen MR) is 59.6 cm³/mol. The Labute approximate surface area is 87.8 Å². The number of hydrogen-bond donors (Lipinski definition) is 1. The molecule has 0 radical (unpaired) electrons. The second-order valence-corrected chi connectivity index (χ2v) is 4.52. The van der Waals surface area contributed by atoms with Crippen molar-refractivity contribution >= 4 is 0 Å². The van der Waals surface area contributed by atoms with Crippen molar-refractivity contribution in [2.24, 2.45) is 5.92 Å². The first-order valence-corrected chi connectivity index (χ1v) is 5.63. The lowest BCUT2D eigenvalue weighted by Gasteiger charge is -2.18. The summed E-state index contributed by atoms with van der Waals surface area (Å²) in [6.07, 6.45) is 2.88. The summed E-state index contributed by atoms with van der Waals surface area (Å²) in [5.74, 6) is 0.997. The molecule has 84 valence electrons. The molecule has 1 saturated carbocycles. The summed E-state index contributed by atoms with van der Waals surface area (Å²) in [7, 11) is 3.96. The summed E-state index contributed by atoms with van der Waals surface area (Å²) in [5.41, 5.74) is 0. The summed E-state index contributed by atoms with van der Waals surface area (Å²) in [6.45, 7) is 6.44. The van der Waals surface area contributed by atoms with Gasteiger partial charge in [0.05, 0.1) is 6.61 Å². The van der Waals surface area contributed by atoms with E-state index < -0.39 is 0 Å². The van der Waals surface area contributed by atoms with Crippen molar-refractivity contribution < 1.29 is 4.74 Å². The van der Waals surface area contributed by atoms with Crippen molar-refractivity contribution in [2.45, 2.75) is 25.8 Å². The Morgan fingerprint density at radius 1 is 1.50 bits per heavy atom. The maximum atomic E-state index is 5.06. The largest absolute Gasteiger partial charge is 0.383 e. The van der Waals surface area contributed by atoms with Crippen molar-refractivity contribution in [1.29, 1.82) is 0 Å². The van der Waals surface area contributed by atoms with Gasteiger partial charge >= 0.3 is 0 Å². The molecule has 0 saturated heterocycles. The average molecular weight is 200 g/mol. The molecule has 1 rings (SSSR count). The van der Waals surface area contributed by atoms with E-state index in [9.17, 15) is 0 Å². The summed E-state index contributed by atoms with van der Waals surface area (Å²) in [4.78, 5) is 2.42. The predicted octanol–water partition coefficient (Wildman–Crippen LogP) is 0.953. The number of likely N-dealkylation sites (N-methyl/N-ethyl adjacent to an activating group) is 1. The SMILES string of the molecule is COCC(C)NCCN(C)CC1CC1. The highest BCUT2D eigenvalue weighted by molar-refractivity contribution is 4.76. The number of hydrogen-bond acceptors (Lipinski definition) is 3. The van der Waals surface area contributed by atoms with Gasteiger partial charge in [0, 0.05) is 32.8 Å². The molecule has 3 nitrogen and oxygen atoms in total. The zero-order chi connectivity index (χ0) is 10.4. The van der Waals surface area contributed by atoms with Crippen LogP contribution >= 0.6 is 0 Å². The van der Waals surface area contributed by atoms with Crippen LogP contribution in [0.2, 0.25) is 0 Å². The molecule has 0 amide bonds. The zero-order valence-corrected chi connectivity index (χ0v) is 9.75. The minimum Gasteiger partial charge on any atom is -0.383 e. The van der Waals surface area contributed by atoms with E-state index in [1.165, 1.54) is 19.4 Å². The summed E-state index contributed by atoms with van der Waals surface area (Å²) < 4.78 is 5.06. The Bertz CT molecular complexity index is 148. The molecule has 0 aromatic heterocycles. The van der Waals surface area contributed by atoms with Crippen LogP contribution in [0.15, 0.2) is 0 Å². The number of nitrogens with one attached hydrogen (secondary N) is 1. The Hall–Kier alpha value is -0.120. The summed E-state index contributed by atoms with van der Waals surface area (Å²) in [6, 6.07) is 0.467. The number of methoxy groups -OCH3 is 1. The Balaban J connectivity index is 1.90. The highest BCUT2D eigenvalue weighted by atomic mass is 16.5. The van der Waals surface area contributed by atoms with Crippen LogP contribution in [0.4, 0.5) is 0 Å². The van der Waals surface area contributed by atoms with Crippen molar-refractivity contribution in [3.63, 3.8) is 0 Å². The van der Waals surface area contributed by atoms with E-state index in [0.717, 1.165) is 25.6 Å². The quantitative estimate of drug-likeness (QED) is 0.631. The molecule has 1 aliphatic rings. The topological polar surface area (TPSA) is 24.5 Å². The lowest BCUT2D eigenvalue weighted by molar-refractivity contribution is 0.170. The van der Waals surface area contributed by atoms with Crippen LogP contribution in [0.25, 0.3) is 0 Å². The Morgan fingerprint density at radius 3 is 2.79 bits per heavy atom. The molecule has 1 aliphatic carbocycles. The van der Waals surface area contributed by atoms with E-state index >= 15 is 0 Å². The summed E-state index contributed by atoms with van der Waals surface area (Å²) >= 11 is 0. The Kier molecular flexibility index (Phi) is 5.45. The van der Waals surface area contributed by atoms with Gasteiger partial charge in [0.25, 0.3) is 0 Å². The van der Waals surface area contributed by atoms with Gasteiger partial charge in [-0.05, 0) is 32.7 Å². The van der Waals surface area contributed by atoms with Gasteiger partial charge in [-0.2, -0.15) is 0 Å². The van der Waals surface area contributed by atoms with Crippen LogP contribution in [0.1, 0.15) is 19.8 Å². The van der Waals surface area contributed by atoms with Gasteiger partial charge in [-0.3, -0.25) is 0 Å². The number of rotatable bonds is 8. The minimum absolute atomic E-state index is 0.467. The molecule has 14 heavy (non-hydrogen) atoms. The van der Waals surface area contributed by atoms with Crippen LogP contribution in [-0.2, 0) is 4.74 Å². The number of nitrogens with zero attached hydrogens (tertiary/aromatic N) is 1. The first-order chi connectivity index (χ1) is 6.72. The van der Waals surface area contributed by atoms with E-state index in [-0.39, 0.29) is 0 Å². The maximum absolute atomic E-state index is 5.06. The molecule has 1 N–H and O–H groups in total. The molecule has 0 aromatic carbocycles. The fraction of sp³-hybridized carbons (Fsp3) is 1.00. The van der Waals surface area contributed by atoms with Gasteiger partial charge in [0.1, 0.15) is 0 Å². The van der Waals surface area contributed by atoms with Gasteiger partial charge in [0.2, 0.25) is 0 Å². The monoisotopic (exact) mass is 200 g/mol. The van der Waals surface area contributed by atoms with Gasteiger partial charge in [-0.15, -0.1) is 0 Å². The fourth-order valence-electron chi connectivity index (χ4n) is 1.64. The van der Waals surface area contributed by atoms with Crippen molar-refractivity contribution in [3.05, 3.63) is 0 Å². The number of ether oxygens (including phenoxy) is 1. The van der Waals surface area contributed by atoms with Gasteiger partial charge in [-0.25, -0.2) is 0 Å². The zero-order valence-electron chi connectivity index (χ0n) is 9.75. The van der Waals surface area contributed by atoms with Crippen molar-refractivity contribution in [3.8, 4) is 0 Å². The van der Waals surface area contributed by atoms with Gasteiger partial charge < -0.3 is 15.0 Å². The molecule has 0 bridgehead atoms. The van der Waals surface area contributed by atoms with E-state index in [2.05, 4.69) is 24.2 Å². The van der Waals surface area contributed by atoms with Crippen LogP contribution in [0.3, 0.4) is 0 Å². The Morgan fingerprint density at radius 2 is 2.21 bits per heavy atom. The molecule has 0 heterocycles. The van der Waals surface area contributed by atoms with Crippen molar-refractivity contribution in [1.82, 2.24) is 10.2 Å². The molecule has 0 aliphatic heterocycles. The molecular weight excluding hydrogens is 176 g/mol. The highest BCUT2D eigenvalue weighted by Crippen LogP contribution is 2.29. The minimum atomic E-state index is 0.467. The lowest BCUT2D eigenvalue weighted by atomic mass is 10.3. The fourth-order valence-corrected chi connectivity index (χ4v) is 1.64. The van der Waals surface area contributed by atoms with E-state index in [0.29, 0.717) is 6.04 Å². The van der Waals surface area contributed by atoms with E-state index in [1.54, 1.807) is 7.11 Å². The highest BCUT2D eigenvalue weighted by Gasteiger charge is 2.22. The second kappa shape index (κ2) is 6.38. The normalized spacial score (nSPS) is 18.9. The van der Waals surface area contributed by atoms with Gasteiger partial charge in [0.15, 0.2) is 0 Å². The third-order valence-corrected chi connectivity index (χ3v) is 2.67. The molecule has 1 unspecified atom stereocenters. The molecule has 1 atom stereocenters. The lowest BCUT2D eigenvalue weighted by Crippen LogP contribution is -2.37. The summed E-state index contributed by atoms with van der Waals surface area (Å²) in [5, 5.41) is 3.44. The van der Waals surface area contributed by atoms with Crippen LogP contribution in [0.5, 0.6) is 0 Å². The van der Waals surface area contributed by atoms with E-state index in [4.69, 9.17) is 4.74 Å². The smallest absolute Gasteiger partial charge is 0.0613 e. The van der Waals surface area contributed by atoms with Gasteiger partial charge in [-0.1, -0.05) is 0 Å². The standard InChI is InChI=1S/C11H24N2O/c1-10(9-14-3)12-6-7-13(2)8-11-4-5-11/h10-12H,4-9H2,1-3H3. The second-order valence-electron chi connectivity index (χ2n) is 4.52. The molecule has 1 fully saturated rings. The van der Waals surface area contributed by atoms with Crippen LogP contribution in [-0.4, -0.2) is 51.3 Å². The molecule has 3 heteroatoms.